The van der Waals surface area contributed by atoms with E-state index in [-0.39, 0.29) is 15.7 Å². The Balaban J connectivity index is 1.82. The molecule has 0 unspecified atom stereocenters. The summed E-state index contributed by atoms with van der Waals surface area (Å²) in [6.07, 6.45) is 0. The van der Waals surface area contributed by atoms with Crippen LogP contribution < -0.4 is 5.32 Å². The molecule has 5 nitrogen and oxygen atoms in total. The minimum atomic E-state index is -3.85. The molecular weight excluding hydrogens is 362 g/mol. The van der Waals surface area contributed by atoms with Crippen LogP contribution in [0.15, 0.2) is 75.1 Å². The second-order valence-corrected chi connectivity index (χ2v) is 7.71. The van der Waals surface area contributed by atoms with E-state index in [2.05, 4.69) is 5.32 Å². The van der Waals surface area contributed by atoms with Crippen molar-refractivity contribution in [1.82, 2.24) is 0 Å². The van der Waals surface area contributed by atoms with Crippen LogP contribution >= 0.6 is 11.6 Å². The predicted octanol–water partition coefficient (Wildman–Crippen LogP) is 4.33. The molecule has 0 saturated heterocycles. The molecule has 0 aliphatic carbocycles. The van der Waals surface area contributed by atoms with Crippen LogP contribution in [-0.4, -0.2) is 14.3 Å². The molecule has 0 radical (unpaired) electrons. The quantitative estimate of drug-likeness (QED) is 0.736. The molecule has 1 N–H and O–H groups in total. The summed E-state index contributed by atoms with van der Waals surface area (Å²) in [6.45, 7) is 1.94. The summed E-state index contributed by atoms with van der Waals surface area (Å²) in [5.41, 5.74) is 1.65. The van der Waals surface area contributed by atoms with Crippen LogP contribution in [-0.2, 0) is 9.84 Å². The second kappa shape index (κ2) is 6.74. The third kappa shape index (κ3) is 3.75. The molecule has 1 heterocycles. The van der Waals surface area contributed by atoms with E-state index in [0.29, 0.717) is 10.7 Å². The average molecular weight is 376 g/mol. The van der Waals surface area contributed by atoms with Gasteiger partial charge in [-0.05, 0) is 55.5 Å². The zero-order valence-electron chi connectivity index (χ0n) is 13.2. The highest BCUT2D eigenvalue weighted by molar-refractivity contribution is 7.91. The lowest BCUT2D eigenvalue weighted by Crippen LogP contribution is -2.10. The Labute approximate surface area is 150 Å². The zero-order chi connectivity index (χ0) is 18.0. The summed E-state index contributed by atoms with van der Waals surface area (Å²) in [4.78, 5) is 12.2. The first-order valence-corrected chi connectivity index (χ1v) is 9.21. The van der Waals surface area contributed by atoms with Crippen molar-refractivity contribution >= 4 is 33.0 Å². The van der Waals surface area contributed by atoms with Gasteiger partial charge in [0, 0.05) is 10.7 Å². The first-order valence-electron chi connectivity index (χ1n) is 7.35. The Morgan fingerprint density at radius 2 is 1.60 bits per heavy atom. The molecule has 0 atom stereocenters. The van der Waals surface area contributed by atoms with Crippen LogP contribution in [0.2, 0.25) is 5.02 Å². The van der Waals surface area contributed by atoms with Gasteiger partial charge in [-0.2, -0.15) is 0 Å². The van der Waals surface area contributed by atoms with E-state index < -0.39 is 15.7 Å². The third-order valence-electron chi connectivity index (χ3n) is 3.50. The van der Waals surface area contributed by atoms with Crippen molar-refractivity contribution in [1.29, 1.82) is 0 Å². The number of benzene rings is 2. The van der Waals surface area contributed by atoms with Gasteiger partial charge in [0.2, 0.25) is 14.9 Å². The molecule has 25 heavy (non-hydrogen) atoms. The van der Waals surface area contributed by atoms with Crippen molar-refractivity contribution in [3.8, 4) is 0 Å². The number of amides is 1. The van der Waals surface area contributed by atoms with Crippen molar-refractivity contribution in [3.05, 3.63) is 77.0 Å². The van der Waals surface area contributed by atoms with Crippen LogP contribution in [0.25, 0.3) is 0 Å². The minimum Gasteiger partial charge on any atom is -0.439 e. The number of nitrogens with one attached hydrogen (secondary N) is 1. The molecule has 3 rings (SSSR count). The Hall–Kier alpha value is -2.57. The number of anilines is 1. The third-order valence-corrected chi connectivity index (χ3v) is 5.40. The Bertz CT molecular complexity index is 1010. The van der Waals surface area contributed by atoms with Crippen molar-refractivity contribution in [2.45, 2.75) is 16.9 Å². The summed E-state index contributed by atoms with van der Waals surface area (Å²) in [5, 5.41) is 2.78. The number of hydrogen-bond donors (Lipinski definition) is 1. The van der Waals surface area contributed by atoms with Crippen molar-refractivity contribution in [2.75, 3.05) is 5.32 Å². The smallest absolute Gasteiger partial charge is 0.291 e. The summed E-state index contributed by atoms with van der Waals surface area (Å²) >= 11 is 5.77. The molecule has 0 bridgehead atoms. The lowest BCUT2D eigenvalue weighted by atomic mass is 10.2. The largest absolute Gasteiger partial charge is 0.439 e. The van der Waals surface area contributed by atoms with E-state index in [1.165, 1.54) is 36.4 Å². The molecule has 3 aromatic rings. The van der Waals surface area contributed by atoms with Crippen LogP contribution in [0.5, 0.6) is 0 Å². The Morgan fingerprint density at radius 1 is 0.960 bits per heavy atom. The summed E-state index contributed by atoms with van der Waals surface area (Å²) < 4.78 is 30.3. The van der Waals surface area contributed by atoms with Gasteiger partial charge in [-0.3, -0.25) is 4.79 Å². The van der Waals surface area contributed by atoms with Crippen molar-refractivity contribution in [2.24, 2.45) is 0 Å². The summed E-state index contributed by atoms with van der Waals surface area (Å²) in [5.74, 6) is -0.616. The molecule has 0 aliphatic heterocycles. The molecule has 7 heteroatoms. The van der Waals surface area contributed by atoms with E-state index in [1.807, 2.05) is 19.1 Å². The zero-order valence-corrected chi connectivity index (χ0v) is 14.8. The highest BCUT2D eigenvalue weighted by Gasteiger charge is 2.23. The molecule has 0 spiro atoms. The number of hydrogen-bond acceptors (Lipinski definition) is 4. The van der Waals surface area contributed by atoms with Gasteiger partial charge in [-0.15, -0.1) is 0 Å². The van der Waals surface area contributed by atoms with Crippen molar-refractivity contribution < 1.29 is 17.6 Å². The second-order valence-electron chi connectivity index (χ2n) is 5.40. The van der Waals surface area contributed by atoms with Crippen molar-refractivity contribution in [3.63, 3.8) is 0 Å². The van der Waals surface area contributed by atoms with Crippen LogP contribution in [0.4, 0.5) is 5.69 Å². The Kier molecular flexibility index (Phi) is 4.65. The van der Waals surface area contributed by atoms with Crippen LogP contribution in [0.3, 0.4) is 0 Å². The number of halogens is 1. The average Bonchev–Trinajstić information content (AvgIpc) is 3.08. The first-order chi connectivity index (χ1) is 11.9. The van der Waals surface area contributed by atoms with Gasteiger partial charge >= 0.3 is 0 Å². The SMILES string of the molecule is Cc1ccc(NC(=O)c2ccc(S(=O)(=O)c3ccc(Cl)cc3)o2)cc1. The molecule has 0 fully saturated rings. The maximum Gasteiger partial charge on any atom is 0.291 e. The number of sulfone groups is 1. The highest BCUT2D eigenvalue weighted by Crippen LogP contribution is 2.24. The fourth-order valence-corrected chi connectivity index (χ4v) is 3.45. The van der Waals surface area contributed by atoms with Gasteiger partial charge in [-0.25, -0.2) is 8.42 Å². The van der Waals surface area contributed by atoms with Gasteiger partial charge in [0.1, 0.15) is 0 Å². The van der Waals surface area contributed by atoms with Crippen LogP contribution in [0, 0.1) is 6.92 Å². The molecule has 1 amide bonds. The Morgan fingerprint density at radius 3 is 2.24 bits per heavy atom. The fraction of sp³-hybridized carbons (Fsp3) is 0.0556. The summed E-state index contributed by atoms with van der Waals surface area (Å²) in [6, 6.07) is 15.5. The number of carbonyl (C=O) groups is 1. The molecule has 2 aromatic carbocycles. The molecule has 1 aromatic heterocycles. The van der Waals surface area contributed by atoms with E-state index in [0.717, 1.165) is 5.56 Å². The number of furan rings is 1. The lowest BCUT2D eigenvalue weighted by Gasteiger charge is -2.04. The first kappa shape index (κ1) is 17.3. The van der Waals surface area contributed by atoms with Gasteiger partial charge < -0.3 is 9.73 Å². The predicted molar refractivity (Wildman–Crippen MR) is 94.7 cm³/mol. The summed E-state index contributed by atoms with van der Waals surface area (Å²) in [7, 11) is -3.85. The standard InChI is InChI=1S/C18H14ClNO4S/c1-12-2-6-14(7-3-12)20-18(21)16-10-11-17(24-16)25(22,23)15-8-4-13(19)5-9-15/h2-11H,1H3,(H,20,21). The number of carbonyl (C=O) groups excluding carboxylic acids is 1. The molecular formula is C18H14ClNO4S. The highest BCUT2D eigenvalue weighted by atomic mass is 35.5. The molecule has 0 saturated carbocycles. The molecule has 128 valence electrons. The normalized spacial score (nSPS) is 11.3. The van der Waals surface area contributed by atoms with E-state index in [1.54, 1.807) is 12.1 Å². The molecule has 0 aliphatic rings. The minimum absolute atomic E-state index is 0.0387. The monoisotopic (exact) mass is 375 g/mol. The number of rotatable bonds is 4. The van der Waals surface area contributed by atoms with Gasteiger partial charge in [0.15, 0.2) is 5.76 Å². The van der Waals surface area contributed by atoms with Gasteiger partial charge in [-0.1, -0.05) is 29.3 Å². The maximum absolute atomic E-state index is 12.5. The maximum atomic E-state index is 12.5. The topological polar surface area (TPSA) is 76.4 Å². The fourth-order valence-electron chi connectivity index (χ4n) is 2.15. The van der Waals surface area contributed by atoms with E-state index in [9.17, 15) is 13.2 Å². The lowest BCUT2D eigenvalue weighted by molar-refractivity contribution is 0.0991. The number of aryl methyl sites for hydroxylation is 1. The van der Waals surface area contributed by atoms with Gasteiger partial charge in [0.25, 0.3) is 5.91 Å². The van der Waals surface area contributed by atoms with E-state index in [4.69, 9.17) is 16.0 Å². The van der Waals surface area contributed by atoms with E-state index >= 15 is 0 Å². The van der Waals surface area contributed by atoms with Crippen LogP contribution in [0.1, 0.15) is 16.1 Å². The van der Waals surface area contributed by atoms with Gasteiger partial charge in [0.05, 0.1) is 4.90 Å².